The third-order valence-electron chi connectivity index (χ3n) is 8.30. The second-order valence-corrected chi connectivity index (χ2v) is 11.9. The number of nitrogens with zero attached hydrogens (tertiary/aromatic N) is 2. The van der Waals surface area contributed by atoms with Gasteiger partial charge < -0.3 is 9.13 Å². The summed E-state index contributed by atoms with van der Waals surface area (Å²) < 4.78 is 4.89. The van der Waals surface area contributed by atoms with Crippen LogP contribution in [0.1, 0.15) is 45.2 Å². The summed E-state index contributed by atoms with van der Waals surface area (Å²) in [6, 6.07) is 39.8. The summed E-state index contributed by atoms with van der Waals surface area (Å²) in [6.45, 7) is 18.6. The van der Waals surface area contributed by atoms with Crippen LogP contribution in [0.3, 0.4) is 0 Å². The molecule has 230 valence electrons. The minimum Gasteiger partial charge on any atom is -0.307 e. The van der Waals surface area contributed by atoms with Crippen molar-refractivity contribution in [1.82, 2.24) is 9.13 Å². The number of benzene rings is 5. The Bertz CT molecular complexity index is 2260. The first-order valence-electron chi connectivity index (χ1n) is 15.8. The van der Waals surface area contributed by atoms with Crippen molar-refractivity contribution in [2.24, 2.45) is 0 Å². The highest BCUT2D eigenvalue weighted by molar-refractivity contribution is 6.23. The van der Waals surface area contributed by atoms with Crippen molar-refractivity contribution in [3.8, 4) is 11.4 Å². The van der Waals surface area contributed by atoms with Gasteiger partial charge in [0.15, 0.2) is 5.78 Å². The molecule has 2 heterocycles. The molecule has 0 atom stereocenters. The highest BCUT2D eigenvalue weighted by atomic mass is 16.1. The lowest BCUT2D eigenvalue weighted by Crippen LogP contribution is -1.99. The number of para-hydroxylation sites is 2. The van der Waals surface area contributed by atoms with Crippen LogP contribution in [-0.4, -0.2) is 14.9 Å². The molecule has 0 fully saturated rings. The molecule has 0 N–H and O–H groups in total. The van der Waals surface area contributed by atoms with E-state index >= 15 is 0 Å². The first-order valence-corrected chi connectivity index (χ1v) is 15.8. The summed E-state index contributed by atoms with van der Waals surface area (Å²) >= 11 is 0. The van der Waals surface area contributed by atoms with Gasteiger partial charge >= 0.3 is 0 Å². The van der Waals surface area contributed by atoms with Crippen LogP contribution >= 0.6 is 0 Å². The van der Waals surface area contributed by atoms with E-state index in [1.807, 2.05) is 20.8 Å². The number of Topliss-reactive ketones (excluding diaryl/α,β-unsaturated/α-hetero) is 1. The summed E-state index contributed by atoms with van der Waals surface area (Å²) in [5.74, 6) is 0.0995. The molecule has 3 nitrogen and oxygen atoms in total. The summed E-state index contributed by atoms with van der Waals surface area (Å²) in [4.78, 5) is 10.3. The fraction of sp³-hybridized carbons (Fsp3) is 0.163. The molecule has 7 rings (SSSR count). The second kappa shape index (κ2) is 13.7. The van der Waals surface area contributed by atoms with E-state index in [0.29, 0.717) is 5.57 Å². The fourth-order valence-electron chi connectivity index (χ4n) is 5.75. The van der Waals surface area contributed by atoms with E-state index in [1.165, 1.54) is 73.0 Å². The molecule has 5 aromatic carbocycles. The molecule has 46 heavy (non-hydrogen) atoms. The molecule has 2 aromatic heterocycles. The number of hydrogen-bond acceptors (Lipinski definition) is 1. The zero-order valence-electron chi connectivity index (χ0n) is 27.8. The van der Waals surface area contributed by atoms with Crippen LogP contribution < -0.4 is 0 Å². The third-order valence-corrected chi connectivity index (χ3v) is 8.30. The predicted molar refractivity (Wildman–Crippen MR) is 199 cm³/mol. The summed E-state index contributed by atoms with van der Waals surface area (Å²) in [6.07, 6.45) is 0.773. The fourth-order valence-corrected chi connectivity index (χ4v) is 5.75. The van der Waals surface area contributed by atoms with Crippen LogP contribution in [-0.2, 0) is 4.79 Å². The molecule has 7 aromatic rings. The largest absolute Gasteiger partial charge is 0.307 e. The van der Waals surface area contributed by atoms with Crippen molar-refractivity contribution < 1.29 is 4.79 Å². The van der Waals surface area contributed by atoms with Crippen LogP contribution in [0.4, 0.5) is 0 Å². The van der Waals surface area contributed by atoms with E-state index in [2.05, 4.69) is 151 Å². The molecule has 0 unspecified atom stereocenters. The maximum absolute atomic E-state index is 10.3. The summed E-state index contributed by atoms with van der Waals surface area (Å²) in [5.41, 5.74) is 14.4. The Balaban J connectivity index is 0.000000299. The van der Waals surface area contributed by atoms with Gasteiger partial charge in [-0.2, -0.15) is 0 Å². The van der Waals surface area contributed by atoms with Crippen molar-refractivity contribution in [2.75, 3.05) is 0 Å². The smallest absolute Gasteiger partial charge is 0.155 e. The molecule has 0 radical (unpaired) electrons. The number of hydrogen-bond donors (Lipinski definition) is 0. The summed E-state index contributed by atoms with van der Waals surface area (Å²) in [5, 5.41) is 5.11. The van der Waals surface area contributed by atoms with E-state index in [0.717, 1.165) is 12.0 Å². The SMILES string of the molecule is C=C(CC)C(C)=O.C=C=C(C)C.Cc1ccc(-n2c3ccccc3c3ccc4c5ccccc5n(-c5cccc(C)c5)c4c32)cc1. The van der Waals surface area contributed by atoms with Gasteiger partial charge in [-0.3, -0.25) is 4.79 Å². The van der Waals surface area contributed by atoms with E-state index < -0.39 is 0 Å². The number of aryl methyl sites for hydroxylation is 2. The van der Waals surface area contributed by atoms with Gasteiger partial charge in [-0.05, 0) is 94.1 Å². The topological polar surface area (TPSA) is 26.9 Å². The molecule has 0 saturated heterocycles. The minimum absolute atomic E-state index is 0.0995. The van der Waals surface area contributed by atoms with E-state index in [9.17, 15) is 4.79 Å². The lowest BCUT2D eigenvalue weighted by atomic mass is 10.1. The predicted octanol–water partition coefficient (Wildman–Crippen LogP) is 11.8. The quantitative estimate of drug-likeness (QED) is 0.145. The Labute approximate surface area is 272 Å². The summed E-state index contributed by atoms with van der Waals surface area (Å²) in [7, 11) is 0. The van der Waals surface area contributed by atoms with Gasteiger partial charge in [-0.25, -0.2) is 0 Å². The number of aromatic nitrogens is 2. The normalized spacial score (nSPS) is 10.7. The van der Waals surface area contributed by atoms with E-state index in [4.69, 9.17) is 0 Å². The monoisotopic (exact) mass is 602 g/mol. The van der Waals surface area contributed by atoms with Crippen molar-refractivity contribution >= 4 is 49.4 Å². The van der Waals surface area contributed by atoms with Crippen molar-refractivity contribution in [3.63, 3.8) is 0 Å². The van der Waals surface area contributed by atoms with Crippen LogP contribution in [0.2, 0.25) is 0 Å². The van der Waals surface area contributed by atoms with Gasteiger partial charge in [0.1, 0.15) is 0 Å². The van der Waals surface area contributed by atoms with Crippen molar-refractivity contribution in [1.29, 1.82) is 0 Å². The van der Waals surface area contributed by atoms with Gasteiger partial charge in [0.2, 0.25) is 0 Å². The highest BCUT2D eigenvalue weighted by Gasteiger charge is 2.20. The van der Waals surface area contributed by atoms with Crippen LogP contribution in [0.25, 0.3) is 55.0 Å². The Hall–Kier alpha value is -5.37. The Morgan fingerprint density at radius 2 is 1.13 bits per heavy atom. The zero-order chi connectivity index (χ0) is 33.0. The average molecular weight is 603 g/mol. The first kappa shape index (κ1) is 32.0. The van der Waals surface area contributed by atoms with Gasteiger partial charge in [-0.1, -0.05) is 98.4 Å². The molecule has 0 bridgehead atoms. The maximum Gasteiger partial charge on any atom is 0.155 e. The lowest BCUT2D eigenvalue weighted by molar-refractivity contribution is -0.113. The van der Waals surface area contributed by atoms with Crippen LogP contribution in [0.15, 0.2) is 139 Å². The highest BCUT2D eigenvalue weighted by Crippen LogP contribution is 2.41. The van der Waals surface area contributed by atoms with Crippen LogP contribution in [0.5, 0.6) is 0 Å². The second-order valence-electron chi connectivity index (χ2n) is 11.9. The number of carbonyl (C=O) groups excluding carboxylic acids is 1. The molecule has 0 aliphatic rings. The Morgan fingerprint density at radius 1 is 0.630 bits per heavy atom. The molecule has 0 aliphatic carbocycles. The first-order chi connectivity index (χ1) is 22.2. The van der Waals surface area contributed by atoms with Gasteiger partial charge in [0.25, 0.3) is 0 Å². The molecular formula is C43H42N2O. The Morgan fingerprint density at radius 3 is 1.57 bits per heavy atom. The number of fused-ring (bicyclic) bond motifs is 7. The number of carbonyl (C=O) groups is 1. The molecule has 0 aliphatic heterocycles. The molecule has 0 saturated carbocycles. The minimum atomic E-state index is 0.0995. The molecule has 0 spiro atoms. The molecule has 3 heteroatoms. The Kier molecular flexibility index (Phi) is 9.56. The number of rotatable bonds is 4. The molecular weight excluding hydrogens is 560 g/mol. The zero-order valence-corrected chi connectivity index (χ0v) is 27.8. The van der Waals surface area contributed by atoms with Crippen molar-refractivity contribution in [3.05, 3.63) is 150 Å². The van der Waals surface area contributed by atoms with Gasteiger partial charge in [0.05, 0.1) is 22.1 Å². The standard InChI is InChI=1S/C32H24N2.C6H10O.C5H8/c1-21-14-16-23(17-15-21)33-29-12-5-3-10-25(29)27-18-19-28-26-11-4-6-13-30(26)34(32(28)31(27)33)24-9-7-8-22(2)20-24;1-4-5(2)6(3)7;1-4-5(2)3/h3-20H,1-2H3;2,4H2,1,3H3;1H2,2-3H3. The average Bonchev–Trinajstić information content (AvgIpc) is 3.58. The van der Waals surface area contributed by atoms with Crippen molar-refractivity contribution in [2.45, 2.75) is 48.0 Å². The van der Waals surface area contributed by atoms with E-state index in [1.54, 1.807) is 0 Å². The third kappa shape index (κ3) is 6.24. The number of ketones is 1. The van der Waals surface area contributed by atoms with Crippen LogP contribution in [0, 0.1) is 13.8 Å². The lowest BCUT2D eigenvalue weighted by Gasteiger charge is -2.13. The van der Waals surface area contributed by atoms with Gasteiger partial charge in [0, 0.05) is 32.9 Å². The molecule has 0 amide bonds. The number of allylic oxidation sites excluding steroid dienone is 2. The van der Waals surface area contributed by atoms with Gasteiger partial charge in [-0.15, -0.1) is 5.73 Å². The van der Waals surface area contributed by atoms with E-state index in [-0.39, 0.29) is 5.78 Å². The maximum atomic E-state index is 10.3.